The molecule has 0 unspecified atom stereocenters. The molecule has 0 radical (unpaired) electrons. The van der Waals surface area contributed by atoms with Gasteiger partial charge in [-0.25, -0.2) is 4.98 Å². The van der Waals surface area contributed by atoms with Crippen LogP contribution in [0.2, 0.25) is 0 Å². The molecular weight excluding hydrogens is 817 g/mol. The number of hydrogen-bond donors (Lipinski definition) is 0. The van der Waals surface area contributed by atoms with Crippen molar-refractivity contribution in [1.29, 1.82) is 0 Å². The number of rotatable bonds is 6. The van der Waals surface area contributed by atoms with E-state index < -0.39 is 0 Å². The first-order chi connectivity index (χ1) is 30.9. The van der Waals surface area contributed by atoms with Gasteiger partial charge in [0.25, 0.3) is 0 Å². The highest BCUT2D eigenvalue weighted by Crippen LogP contribution is 2.44. The van der Waals surface area contributed by atoms with Crippen molar-refractivity contribution in [3.63, 3.8) is 0 Å². The number of anilines is 2. The van der Waals surface area contributed by atoms with E-state index in [1.54, 1.807) is 0 Å². The maximum absolute atomic E-state index is 7.06. The maximum atomic E-state index is 7.06. The second kappa shape index (κ2) is 16.5. The Bertz CT molecular complexity index is 2980. The molecule has 0 saturated carbocycles. The van der Waals surface area contributed by atoms with E-state index in [9.17, 15) is 0 Å². The van der Waals surface area contributed by atoms with E-state index in [0.29, 0.717) is 6.67 Å². The summed E-state index contributed by atoms with van der Waals surface area (Å²) in [5, 5.41) is 2.34. The van der Waals surface area contributed by atoms with Crippen molar-refractivity contribution < 1.29 is 4.74 Å². The van der Waals surface area contributed by atoms with E-state index in [-0.39, 0.29) is 32.5 Å². The molecule has 1 aliphatic rings. The zero-order valence-electron chi connectivity index (χ0n) is 44.0. The molecule has 350 valence electrons. The van der Waals surface area contributed by atoms with Crippen molar-refractivity contribution in [3.8, 4) is 28.4 Å². The first-order valence-corrected chi connectivity index (χ1v) is 24.4. The third-order valence-electron chi connectivity index (χ3n) is 13.6. The fraction of sp³-hybridized carbons (Fsp3) is 0.403. The van der Waals surface area contributed by atoms with Crippen molar-refractivity contribution in [2.45, 2.75) is 152 Å². The molecule has 0 saturated heterocycles. The Morgan fingerprint density at radius 1 is 0.418 bits per heavy atom. The van der Waals surface area contributed by atoms with Crippen LogP contribution in [-0.2, 0) is 27.1 Å². The van der Waals surface area contributed by atoms with Gasteiger partial charge in [-0.3, -0.25) is 4.57 Å². The number of allylic oxidation sites excluding steroid dienone is 1. The number of pyridine rings is 1. The van der Waals surface area contributed by atoms with E-state index >= 15 is 0 Å². The Morgan fingerprint density at radius 2 is 0.985 bits per heavy atom. The standard InChI is InChI=1S/C62H76N4O/c1-57(2,3)42-22-19-40(20-23-42)41-21-26-53-52(29-41)51-25-24-49(37-54(51)66(53)56-35-43(27-28-63-56)58(4,5)6)67-50-34-46(61(13,14)15)33-48(36-50)65-39-64(38-55(65)62(16,17)18)47-31-44(59(7,8)9)30-45(32-47)60(10,11)12/h19-38H,39H2,1-18H3. The van der Waals surface area contributed by atoms with Gasteiger partial charge in [0.15, 0.2) is 0 Å². The summed E-state index contributed by atoms with van der Waals surface area (Å²) in [5.74, 6) is 2.49. The third kappa shape index (κ3) is 9.80. The number of fused-ring (bicyclic) bond motifs is 3. The predicted octanol–water partition coefficient (Wildman–Crippen LogP) is 17.3. The third-order valence-corrected chi connectivity index (χ3v) is 13.6. The predicted molar refractivity (Wildman–Crippen MR) is 288 cm³/mol. The summed E-state index contributed by atoms with van der Waals surface area (Å²) >= 11 is 0. The minimum Gasteiger partial charge on any atom is -0.457 e. The van der Waals surface area contributed by atoms with Gasteiger partial charge in [0, 0.05) is 57.8 Å². The first kappa shape index (κ1) is 47.7. The van der Waals surface area contributed by atoms with Crippen LogP contribution in [0, 0.1) is 5.41 Å². The molecule has 2 aromatic heterocycles. The molecule has 7 aromatic rings. The molecule has 8 rings (SSSR count). The van der Waals surface area contributed by atoms with Gasteiger partial charge >= 0.3 is 0 Å². The summed E-state index contributed by atoms with van der Waals surface area (Å²) in [6.45, 7) is 42.0. The van der Waals surface area contributed by atoms with Crippen LogP contribution in [0.5, 0.6) is 11.5 Å². The Morgan fingerprint density at radius 3 is 1.57 bits per heavy atom. The molecule has 0 atom stereocenters. The van der Waals surface area contributed by atoms with Crippen molar-refractivity contribution in [3.05, 3.63) is 155 Å². The van der Waals surface area contributed by atoms with Gasteiger partial charge in [0.1, 0.15) is 17.3 Å². The van der Waals surface area contributed by atoms with E-state index in [1.165, 1.54) is 55.7 Å². The molecule has 0 bridgehead atoms. The van der Waals surface area contributed by atoms with E-state index in [4.69, 9.17) is 9.72 Å². The Balaban J connectivity index is 1.24. The summed E-state index contributed by atoms with van der Waals surface area (Å²) in [4.78, 5) is 9.95. The van der Waals surface area contributed by atoms with Crippen molar-refractivity contribution >= 4 is 33.2 Å². The molecule has 67 heavy (non-hydrogen) atoms. The van der Waals surface area contributed by atoms with Gasteiger partial charge in [-0.05, 0) is 127 Å². The Hall–Kier alpha value is -5.81. The second-order valence-electron chi connectivity index (χ2n) is 25.4. The van der Waals surface area contributed by atoms with Crippen LogP contribution in [-0.4, -0.2) is 16.2 Å². The molecule has 0 amide bonds. The van der Waals surface area contributed by atoms with Crippen molar-refractivity contribution in [2.75, 3.05) is 16.5 Å². The van der Waals surface area contributed by atoms with Crippen LogP contribution >= 0.6 is 0 Å². The molecule has 0 fully saturated rings. The number of benzene rings is 5. The van der Waals surface area contributed by atoms with Gasteiger partial charge in [0.05, 0.1) is 17.7 Å². The quantitative estimate of drug-likeness (QED) is 0.167. The lowest BCUT2D eigenvalue weighted by molar-refractivity contribution is 0.477. The molecule has 5 heteroatoms. The van der Waals surface area contributed by atoms with Gasteiger partial charge in [-0.1, -0.05) is 161 Å². The minimum absolute atomic E-state index is 0.0193. The molecule has 0 N–H and O–H groups in total. The molecule has 0 spiro atoms. The van der Waals surface area contributed by atoms with Crippen LogP contribution in [0.25, 0.3) is 38.8 Å². The summed E-state index contributed by atoms with van der Waals surface area (Å²) in [7, 11) is 0. The summed E-state index contributed by atoms with van der Waals surface area (Å²) < 4.78 is 9.38. The number of nitrogens with zero attached hydrogens (tertiary/aromatic N) is 4. The van der Waals surface area contributed by atoms with Crippen molar-refractivity contribution in [1.82, 2.24) is 9.55 Å². The smallest absolute Gasteiger partial charge is 0.137 e. The van der Waals surface area contributed by atoms with Crippen LogP contribution in [0.3, 0.4) is 0 Å². The fourth-order valence-corrected chi connectivity index (χ4v) is 9.13. The fourth-order valence-electron chi connectivity index (χ4n) is 9.13. The van der Waals surface area contributed by atoms with E-state index in [2.05, 4.69) is 254 Å². The largest absolute Gasteiger partial charge is 0.457 e. The maximum Gasteiger partial charge on any atom is 0.137 e. The lowest BCUT2D eigenvalue weighted by Crippen LogP contribution is -2.31. The van der Waals surface area contributed by atoms with Crippen LogP contribution in [0.4, 0.5) is 11.4 Å². The van der Waals surface area contributed by atoms with Gasteiger partial charge in [0.2, 0.25) is 0 Å². The summed E-state index contributed by atoms with van der Waals surface area (Å²) in [6.07, 6.45) is 4.32. The zero-order chi connectivity index (χ0) is 48.8. The number of hydrogen-bond acceptors (Lipinski definition) is 4. The Labute approximate surface area is 402 Å². The SMILES string of the molecule is CC(C)(C)C1=CN(c2cc(C(C)(C)C)cc(C(C)(C)C)c2)CN1c1cc(Oc2ccc3c4cc(-c5ccc(C(C)(C)C)cc5)ccc4n(-c4cc(C(C)(C)C)ccn4)c3c2)cc(C(C)(C)C)c1. The minimum atomic E-state index is -0.118. The Kier molecular flexibility index (Phi) is 11.7. The van der Waals surface area contributed by atoms with Crippen molar-refractivity contribution in [2.24, 2.45) is 5.41 Å². The van der Waals surface area contributed by atoms with Gasteiger partial charge < -0.3 is 14.5 Å². The van der Waals surface area contributed by atoms with E-state index in [0.717, 1.165) is 39.4 Å². The molecule has 1 aliphatic heterocycles. The van der Waals surface area contributed by atoms with Gasteiger partial charge in [-0.2, -0.15) is 0 Å². The molecule has 5 nitrogen and oxygen atoms in total. The molecule has 0 aliphatic carbocycles. The first-order valence-electron chi connectivity index (χ1n) is 24.4. The number of ether oxygens (including phenoxy) is 1. The van der Waals surface area contributed by atoms with E-state index in [1.807, 2.05) is 6.20 Å². The molecular formula is C62H76N4O. The highest BCUT2D eigenvalue weighted by molar-refractivity contribution is 6.10. The monoisotopic (exact) mass is 893 g/mol. The lowest BCUT2D eigenvalue weighted by Gasteiger charge is -2.32. The average molecular weight is 893 g/mol. The average Bonchev–Trinajstić information content (AvgIpc) is 3.83. The topological polar surface area (TPSA) is 33.5 Å². The van der Waals surface area contributed by atoms with Crippen LogP contribution in [0.15, 0.2) is 127 Å². The lowest BCUT2D eigenvalue weighted by atomic mass is 9.80. The normalized spacial score (nSPS) is 14.4. The highest BCUT2D eigenvalue weighted by atomic mass is 16.5. The summed E-state index contributed by atoms with van der Waals surface area (Å²) in [6, 6.07) is 40.9. The molecule has 3 heterocycles. The highest BCUT2D eigenvalue weighted by Gasteiger charge is 2.34. The zero-order valence-corrected chi connectivity index (χ0v) is 44.0. The summed E-state index contributed by atoms with van der Waals surface area (Å²) in [5.41, 5.74) is 14.5. The molecule has 5 aromatic carbocycles. The second-order valence-corrected chi connectivity index (χ2v) is 25.4. The van der Waals surface area contributed by atoms with Crippen LogP contribution in [0.1, 0.15) is 152 Å². The van der Waals surface area contributed by atoms with Gasteiger partial charge in [-0.15, -0.1) is 0 Å². The van der Waals surface area contributed by atoms with Crippen LogP contribution < -0.4 is 14.5 Å². The number of aromatic nitrogens is 2.